The van der Waals surface area contributed by atoms with E-state index in [1.54, 1.807) is 23.9 Å². The predicted molar refractivity (Wildman–Crippen MR) is 86.9 cm³/mol. The van der Waals surface area contributed by atoms with Gasteiger partial charge in [0.2, 0.25) is 5.91 Å². The van der Waals surface area contributed by atoms with Crippen LogP contribution in [-0.2, 0) is 4.79 Å². The van der Waals surface area contributed by atoms with E-state index in [0.717, 1.165) is 24.3 Å². The monoisotopic (exact) mass is 304 g/mol. The number of carbonyl (C=O) groups excluding carboxylic acids is 2. The van der Waals surface area contributed by atoms with Crippen molar-refractivity contribution < 1.29 is 9.59 Å². The largest absolute Gasteiger partial charge is 0.348 e. The minimum absolute atomic E-state index is 0.0795. The third-order valence-electron chi connectivity index (χ3n) is 3.79. The first-order valence-electron chi connectivity index (χ1n) is 7.51. The number of rotatable bonds is 3. The van der Waals surface area contributed by atoms with E-state index < -0.39 is 0 Å². The molecule has 6 heteroatoms. The molecule has 1 N–H and O–H groups in total. The van der Waals surface area contributed by atoms with Crippen LogP contribution >= 0.6 is 0 Å². The van der Waals surface area contributed by atoms with E-state index >= 15 is 0 Å². The molecule has 0 saturated carbocycles. The van der Waals surface area contributed by atoms with Crippen molar-refractivity contribution in [1.82, 2.24) is 14.7 Å². The van der Waals surface area contributed by atoms with Gasteiger partial charge < -0.3 is 15.1 Å². The molecule has 120 valence electrons. The highest BCUT2D eigenvalue weighted by molar-refractivity contribution is 5.89. The molecule has 1 aliphatic rings. The average molecular weight is 304 g/mol. The molecule has 0 aliphatic carbocycles. The SMILES string of the molecule is Cc1cccc(NC(=O)N2CCN(CC(=O)N(C)C)CC2)c1. The number of hydrogen-bond acceptors (Lipinski definition) is 3. The predicted octanol–water partition coefficient (Wildman–Crippen LogP) is 1.23. The van der Waals surface area contributed by atoms with Gasteiger partial charge in [0, 0.05) is 46.0 Å². The Morgan fingerprint density at radius 1 is 1.18 bits per heavy atom. The van der Waals surface area contributed by atoms with E-state index in [4.69, 9.17) is 0 Å². The summed E-state index contributed by atoms with van der Waals surface area (Å²) in [6, 6.07) is 7.68. The van der Waals surface area contributed by atoms with Gasteiger partial charge in [0.15, 0.2) is 0 Å². The number of nitrogens with zero attached hydrogens (tertiary/aromatic N) is 3. The van der Waals surface area contributed by atoms with Gasteiger partial charge in [-0.2, -0.15) is 0 Å². The molecule has 1 aromatic rings. The zero-order valence-electron chi connectivity index (χ0n) is 13.5. The van der Waals surface area contributed by atoms with Crippen molar-refractivity contribution in [1.29, 1.82) is 0 Å². The summed E-state index contributed by atoms with van der Waals surface area (Å²) in [4.78, 5) is 29.4. The number of likely N-dealkylation sites (N-methyl/N-ethyl adjacent to an activating group) is 1. The van der Waals surface area contributed by atoms with Gasteiger partial charge >= 0.3 is 6.03 Å². The lowest BCUT2D eigenvalue weighted by atomic mass is 10.2. The van der Waals surface area contributed by atoms with Crippen molar-refractivity contribution in [3.05, 3.63) is 29.8 Å². The number of hydrogen-bond donors (Lipinski definition) is 1. The van der Waals surface area contributed by atoms with Gasteiger partial charge in [-0.25, -0.2) is 4.79 Å². The minimum atomic E-state index is -0.0795. The number of aryl methyl sites for hydroxylation is 1. The van der Waals surface area contributed by atoms with Crippen molar-refractivity contribution in [3.63, 3.8) is 0 Å². The van der Waals surface area contributed by atoms with Crippen LogP contribution in [0.2, 0.25) is 0 Å². The quantitative estimate of drug-likeness (QED) is 0.914. The van der Waals surface area contributed by atoms with Gasteiger partial charge in [-0.3, -0.25) is 9.69 Å². The van der Waals surface area contributed by atoms with Crippen molar-refractivity contribution in [2.24, 2.45) is 0 Å². The number of carbonyl (C=O) groups is 2. The molecule has 2 rings (SSSR count). The number of amides is 3. The molecule has 0 radical (unpaired) electrons. The molecular formula is C16H24N4O2. The van der Waals surface area contributed by atoms with Crippen LogP contribution in [0.1, 0.15) is 5.56 Å². The topological polar surface area (TPSA) is 55.9 Å². The first-order valence-corrected chi connectivity index (χ1v) is 7.51. The summed E-state index contributed by atoms with van der Waals surface area (Å²) >= 11 is 0. The second-order valence-electron chi connectivity index (χ2n) is 5.85. The molecular weight excluding hydrogens is 280 g/mol. The van der Waals surface area contributed by atoms with Crippen LogP contribution in [0, 0.1) is 6.92 Å². The summed E-state index contributed by atoms with van der Waals surface area (Å²) in [6.07, 6.45) is 0. The molecule has 3 amide bonds. The molecule has 22 heavy (non-hydrogen) atoms. The van der Waals surface area contributed by atoms with Gasteiger partial charge in [0.25, 0.3) is 0 Å². The smallest absolute Gasteiger partial charge is 0.321 e. The molecule has 1 aliphatic heterocycles. The van der Waals surface area contributed by atoms with Crippen LogP contribution < -0.4 is 5.32 Å². The second kappa shape index (κ2) is 7.26. The Hall–Kier alpha value is -2.08. The number of anilines is 1. The normalized spacial score (nSPS) is 15.5. The fraction of sp³-hybridized carbons (Fsp3) is 0.500. The van der Waals surface area contributed by atoms with Crippen LogP contribution in [0.3, 0.4) is 0 Å². The van der Waals surface area contributed by atoms with E-state index in [2.05, 4.69) is 10.2 Å². The number of nitrogens with one attached hydrogen (secondary N) is 1. The van der Waals surface area contributed by atoms with E-state index in [9.17, 15) is 9.59 Å². The maximum atomic E-state index is 12.2. The summed E-state index contributed by atoms with van der Waals surface area (Å²) in [5, 5.41) is 2.92. The van der Waals surface area contributed by atoms with Gasteiger partial charge in [0.05, 0.1) is 6.54 Å². The van der Waals surface area contributed by atoms with E-state index in [1.807, 2.05) is 31.2 Å². The average Bonchev–Trinajstić information content (AvgIpc) is 2.47. The summed E-state index contributed by atoms with van der Waals surface area (Å²) in [5.41, 5.74) is 1.93. The second-order valence-corrected chi connectivity index (χ2v) is 5.85. The highest BCUT2D eigenvalue weighted by Crippen LogP contribution is 2.11. The summed E-state index contributed by atoms with van der Waals surface area (Å²) in [6.45, 7) is 5.13. The van der Waals surface area contributed by atoms with Crippen LogP contribution in [0.25, 0.3) is 0 Å². The summed E-state index contributed by atoms with van der Waals surface area (Å²) in [7, 11) is 3.52. The van der Waals surface area contributed by atoms with E-state index in [1.165, 1.54) is 0 Å². The molecule has 1 heterocycles. The summed E-state index contributed by atoms with van der Waals surface area (Å²) in [5.74, 6) is 0.0951. The highest BCUT2D eigenvalue weighted by atomic mass is 16.2. The molecule has 0 unspecified atom stereocenters. The van der Waals surface area contributed by atoms with Crippen molar-refractivity contribution in [2.45, 2.75) is 6.92 Å². The fourth-order valence-corrected chi connectivity index (χ4v) is 2.37. The van der Waals surface area contributed by atoms with Gasteiger partial charge in [-0.1, -0.05) is 12.1 Å². The number of piperazine rings is 1. The van der Waals surface area contributed by atoms with E-state index in [-0.39, 0.29) is 11.9 Å². The van der Waals surface area contributed by atoms with Gasteiger partial charge in [0.1, 0.15) is 0 Å². The Bertz CT molecular complexity index is 537. The molecule has 1 aromatic carbocycles. The van der Waals surface area contributed by atoms with Gasteiger partial charge in [-0.05, 0) is 24.6 Å². The van der Waals surface area contributed by atoms with Gasteiger partial charge in [-0.15, -0.1) is 0 Å². The maximum Gasteiger partial charge on any atom is 0.321 e. The van der Waals surface area contributed by atoms with Crippen molar-refractivity contribution >= 4 is 17.6 Å². The van der Waals surface area contributed by atoms with Crippen LogP contribution in [0.5, 0.6) is 0 Å². The highest BCUT2D eigenvalue weighted by Gasteiger charge is 2.22. The third kappa shape index (κ3) is 4.46. The molecule has 1 saturated heterocycles. The van der Waals surface area contributed by atoms with Crippen molar-refractivity contribution in [3.8, 4) is 0 Å². The van der Waals surface area contributed by atoms with E-state index in [0.29, 0.717) is 19.6 Å². The minimum Gasteiger partial charge on any atom is -0.348 e. The first-order chi connectivity index (χ1) is 10.5. The zero-order valence-corrected chi connectivity index (χ0v) is 13.5. The standard InChI is InChI=1S/C16H24N4O2/c1-13-5-4-6-14(11-13)17-16(22)20-9-7-19(8-10-20)12-15(21)18(2)3/h4-6,11H,7-10,12H2,1-3H3,(H,17,22). The molecule has 1 fully saturated rings. The Labute approximate surface area is 131 Å². The Balaban J connectivity index is 1.81. The molecule has 0 spiro atoms. The molecule has 6 nitrogen and oxygen atoms in total. The lowest BCUT2D eigenvalue weighted by Crippen LogP contribution is -2.52. The Morgan fingerprint density at radius 2 is 1.86 bits per heavy atom. The fourth-order valence-electron chi connectivity index (χ4n) is 2.37. The molecule has 0 atom stereocenters. The number of urea groups is 1. The van der Waals surface area contributed by atoms with Crippen LogP contribution in [0.15, 0.2) is 24.3 Å². The first kappa shape index (κ1) is 16.3. The Morgan fingerprint density at radius 3 is 2.45 bits per heavy atom. The Kier molecular flexibility index (Phi) is 5.38. The maximum absolute atomic E-state index is 12.2. The van der Waals surface area contributed by atoms with Crippen LogP contribution in [-0.4, -0.2) is 73.5 Å². The third-order valence-corrected chi connectivity index (χ3v) is 3.79. The van der Waals surface area contributed by atoms with Crippen molar-refractivity contribution in [2.75, 3.05) is 52.1 Å². The van der Waals surface area contributed by atoms with Crippen LogP contribution in [0.4, 0.5) is 10.5 Å². The summed E-state index contributed by atoms with van der Waals surface area (Å²) < 4.78 is 0. The lowest BCUT2D eigenvalue weighted by Gasteiger charge is -2.34. The molecule has 0 aromatic heterocycles. The number of benzene rings is 1. The zero-order chi connectivity index (χ0) is 16.1. The molecule has 0 bridgehead atoms. The lowest BCUT2D eigenvalue weighted by molar-refractivity contribution is -0.130.